The first-order valence-electron chi connectivity index (χ1n) is 6.80. The molecule has 3 aromatic rings. The van der Waals surface area contributed by atoms with Crippen LogP contribution in [0.4, 0.5) is 5.69 Å². The molecule has 2 aromatic carbocycles. The summed E-state index contributed by atoms with van der Waals surface area (Å²) in [6.45, 7) is 0. The Balaban J connectivity index is 1.90. The van der Waals surface area contributed by atoms with Crippen LogP contribution in [0, 0.1) is 0 Å². The highest BCUT2D eigenvalue weighted by atomic mass is 32.2. The molecule has 1 heterocycles. The van der Waals surface area contributed by atoms with Crippen molar-refractivity contribution in [3.05, 3.63) is 65.9 Å². The molecular weight excluding hydrogens is 298 g/mol. The second-order valence-electron chi connectivity index (χ2n) is 4.97. The Kier molecular flexibility index (Phi) is 4.06. The van der Waals surface area contributed by atoms with Gasteiger partial charge in [-0.3, -0.25) is 9.00 Å². The molecule has 0 fully saturated rings. The van der Waals surface area contributed by atoms with Crippen LogP contribution in [-0.4, -0.2) is 16.4 Å². The Morgan fingerprint density at radius 1 is 1.14 bits per heavy atom. The van der Waals surface area contributed by atoms with Crippen molar-refractivity contribution in [2.24, 2.45) is 0 Å². The second-order valence-corrected chi connectivity index (χ2v) is 6.41. The summed E-state index contributed by atoms with van der Waals surface area (Å²) in [5.41, 5.74) is 2.69. The van der Waals surface area contributed by atoms with E-state index in [4.69, 9.17) is 4.42 Å². The van der Waals surface area contributed by atoms with E-state index in [1.807, 2.05) is 48.5 Å². The van der Waals surface area contributed by atoms with E-state index in [9.17, 15) is 9.00 Å². The normalized spacial score (nSPS) is 12.2. The number of furan rings is 1. The first kappa shape index (κ1) is 14.5. The molecule has 0 spiro atoms. The number of fused-ring (bicyclic) bond motifs is 1. The van der Waals surface area contributed by atoms with Gasteiger partial charge in [-0.05, 0) is 17.7 Å². The summed E-state index contributed by atoms with van der Waals surface area (Å²) in [6.07, 6.45) is 3.10. The Morgan fingerprint density at radius 3 is 2.68 bits per heavy atom. The highest BCUT2D eigenvalue weighted by molar-refractivity contribution is 7.83. The summed E-state index contributed by atoms with van der Waals surface area (Å²) in [7, 11) is -0.970. The average Bonchev–Trinajstić information content (AvgIpc) is 2.93. The zero-order chi connectivity index (χ0) is 15.5. The van der Waals surface area contributed by atoms with Crippen LogP contribution in [0.25, 0.3) is 11.0 Å². The fraction of sp³-hybridized carbons (Fsp3) is 0.118. The maximum Gasteiger partial charge on any atom is 0.259 e. The Morgan fingerprint density at radius 2 is 1.86 bits per heavy atom. The molecule has 1 unspecified atom stereocenters. The minimum Gasteiger partial charge on any atom is -0.463 e. The molecule has 5 heteroatoms. The van der Waals surface area contributed by atoms with Gasteiger partial charge in [0.05, 0.1) is 11.3 Å². The zero-order valence-electron chi connectivity index (χ0n) is 12.0. The van der Waals surface area contributed by atoms with Crippen molar-refractivity contribution >= 4 is 33.4 Å². The number of benzene rings is 2. The van der Waals surface area contributed by atoms with Gasteiger partial charge in [0.2, 0.25) is 0 Å². The summed E-state index contributed by atoms with van der Waals surface area (Å²) in [6, 6.07) is 14.8. The van der Waals surface area contributed by atoms with Gasteiger partial charge in [0, 0.05) is 28.1 Å². The van der Waals surface area contributed by atoms with Crippen LogP contribution in [0.15, 0.2) is 59.2 Å². The van der Waals surface area contributed by atoms with Crippen LogP contribution in [0.1, 0.15) is 15.9 Å². The number of para-hydroxylation sites is 2. The summed E-state index contributed by atoms with van der Waals surface area (Å²) < 4.78 is 16.8. The van der Waals surface area contributed by atoms with Crippen molar-refractivity contribution in [3.8, 4) is 0 Å². The van der Waals surface area contributed by atoms with E-state index in [1.54, 1.807) is 6.26 Å². The van der Waals surface area contributed by atoms with Crippen LogP contribution in [-0.2, 0) is 16.6 Å². The topological polar surface area (TPSA) is 59.3 Å². The van der Waals surface area contributed by atoms with Crippen LogP contribution >= 0.6 is 0 Å². The highest BCUT2D eigenvalue weighted by Gasteiger charge is 2.15. The van der Waals surface area contributed by atoms with Crippen LogP contribution in [0.2, 0.25) is 0 Å². The zero-order valence-corrected chi connectivity index (χ0v) is 12.9. The molecule has 1 N–H and O–H groups in total. The largest absolute Gasteiger partial charge is 0.463 e. The minimum atomic E-state index is -0.970. The van der Waals surface area contributed by atoms with E-state index < -0.39 is 10.8 Å². The first-order chi connectivity index (χ1) is 10.6. The Hall–Kier alpha value is -2.40. The van der Waals surface area contributed by atoms with E-state index in [2.05, 4.69) is 5.32 Å². The maximum absolute atomic E-state index is 12.5. The lowest BCUT2D eigenvalue weighted by Gasteiger charge is -2.09. The lowest BCUT2D eigenvalue weighted by atomic mass is 10.1. The predicted octanol–water partition coefficient (Wildman–Crippen LogP) is 3.56. The monoisotopic (exact) mass is 313 g/mol. The Bertz CT molecular complexity index is 854. The SMILES string of the molecule is CS(=O)Cc1ccccc1NC(=O)c1coc2ccccc12. The van der Waals surface area contributed by atoms with Crippen molar-refractivity contribution in [1.82, 2.24) is 0 Å². The molecule has 3 rings (SSSR count). The molecule has 4 nitrogen and oxygen atoms in total. The van der Waals surface area contributed by atoms with E-state index >= 15 is 0 Å². The van der Waals surface area contributed by atoms with Crippen LogP contribution < -0.4 is 5.32 Å². The molecule has 112 valence electrons. The van der Waals surface area contributed by atoms with Crippen molar-refractivity contribution < 1.29 is 13.4 Å². The number of carbonyl (C=O) groups is 1. The van der Waals surface area contributed by atoms with Gasteiger partial charge in [0.25, 0.3) is 5.91 Å². The molecule has 0 aliphatic carbocycles. The van der Waals surface area contributed by atoms with Crippen molar-refractivity contribution in [2.45, 2.75) is 5.75 Å². The summed E-state index contributed by atoms with van der Waals surface area (Å²) >= 11 is 0. The number of hydrogen-bond donors (Lipinski definition) is 1. The van der Waals surface area contributed by atoms with E-state index in [-0.39, 0.29) is 5.91 Å². The molecular formula is C17H15NO3S. The van der Waals surface area contributed by atoms with E-state index in [0.717, 1.165) is 10.9 Å². The van der Waals surface area contributed by atoms with Crippen molar-refractivity contribution in [2.75, 3.05) is 11.6 Å². The maximum atomic E-state index is 12.5. The molecule has 0 saturated carbocycles. The van der Waals surface area contributed by atoms with Gasteiger partial charge in [-0.2, -0.15) is 0 Å². The fourth-order valence-electron chi connectivity index (χ4n) is 2.33. The van der Waals surface area contributed by atoms with Gasteiger partial charge >= 0.3 is 0 Å². The molecule has 1 atom stereocenters. The van der Waals surface area contributed by atoms with Crippen LogP contribution in [0.5, 0.6) is 0 Å². The number of carbonyl (C=O) groups excluding carboxylic acids is 1. The molecule has 1 amide bonds. The first-order valence-corrected chi connectivity index (χ1v) is 8.53. The third-order valence-corrected chi connectivity index (χ3v) is 4.07. The predicted molar refractivity (Wildman–Crippen MR) is 88.4 cm³/mol. The van der Waals surface area contributed by atoms with Gasteiger partial charge in [-0.25, -0.2) is 0 Å². The molecule has 0 radical (unpaired) electrons. The molecule has 0 aliphatic heterocycles. The van der Waals surface area contributed by atoms with Gasteiger partial charge < -0.3 is 9.73 Å². The van der Waals surface area contributed by atoms with Crippen LogP contribution in [0.3, 0.4) is 0 Å². The lowest BCUT2D eigenvalue weighted by molar-refractivity contribution is 0.102. The molecule has 0 saturated heterocycles. The van der Waals surface area contributed by atoms with Gasteiger partial charge in [-0.15, -0.1) is 0 Å². The lowest BCUT2D eigenvalue weighted by Crippen LogP contribution is -2.13. The third kappa shape index (κ3) is 2.94. The summed E-state index contributed by atoms with van der Waals surface area (Å²) in [5.74, 6) is 0.169. The number of hydrogen-bond acceptors (Lipinski definition) is 3. The number of nitrogens with one attached hydrogen (secondary N) is 1. The highest BCUT2D eigenvalue weighted by Crippen LogP contribution is 2.23. The quantitative estimate of drug-likeness (QED) is 0.801. The molecule has 1 aromatic heterocycles. The summed E-state index contributed by atoms with van der Waals surface area (Å²) in [5, 5.41) is 3.65. The standard InChI is InChI=1S/C17H15NO3S/c1-22(20)11-12-6-2-4-8-15(12)18-17(19)14-10-21-16-9-5-3-7-13(14)16/h2-10H,11H2,1H3,(H,18,19). The molecule has 0 aliphatic rings. The number of amides is 1. The molecule has 0 bridgehead atoms. The van der Waals surface area contributed by atoms with Gasteiger partial charge in [0.1, 0.15) is 11.8 Å². The van der Waals surface area contributed by atoms with Crippen molar-refractivity contribution in [3.63, 3.8) is 0 Å². The summed E-state index contributed by atoms with van der Waals surface area (Å²) in [4.78, 5) is 12.5. The van der Waals surface area contributed by atoms with Crippen molar-refractivity contribution in [1.29, 1.82) is 0 Å². The van der Waals surface area contributed by atoms with E-state index in [1.165, 1.54) is 6.26 Å². The van der Waals surface area contributed by atoms with E-state index in [0.29, 0.717) is 22.6 Å². The molecule has 22 heavy (non-hydrogen) atoms. The van der Waals surface area contributed by atoms with Gasteiger partial charge in [-0.1, -0.05) is 36.4 Å². The number of rotatable bonds is 4. The Labute approximate surface area is 130 Å². The minimum absolute atomic E-state index is 0.237. The fourth-order valence-corrected chi connectivity index (χ4v) is 3.02. The second kappa shape index (κ2) is 6.15. The third-order valence-electron chi connectivity index (χ3n) is 3.35. The average molecular weight is 313 g/mol. The number of anilines is 1. The smallest absolute Gasteiger partial charge is 0.259 e. The van der Waals surface area contributed by atoms with Gasteiger partial charge in [0.15, 0.2) is 0 Å².